The standard InChI is InChI=1S/C13H10BrN3O4/c1-21-11-7-8(17(19)20)4-5-10(11)16-13(18)9-3-2-6-15-12(9)14/h2-7H,1H3,(H,16,18). The second-order valence-corrected chi connectivity index (χ2v) is 4.69. The summed E-state index contributed by atoms with van der Waals surface area (Å²) in [5, 5.41) is 13.3. The van der Waals surface area contributed by atoms with Crippen molar-refractivity contribution in [3.63, 3.8) is 0 Å². The number of nitro benzene ring substituents is 1. The van der Waals surface area contributed by atoms with Crippen LogP contribution in [0.25, 0.3) is 0 Å². The molecule has 0 spiro atoms. The molecule has 1 aromatic heterocycles. The van der Waals surface area contributed by atoms with Gasteiger partial charge in [-0.3, -0.25) is 14.9 Å². The Hall–Kier alpha value is -2.48. The lowest BCUT2D eigenvalue weighted by atomic mass is 10.2. The van der Waals surface area contributed by atoms with Gasteiger partial charge in [-0.15, -0.1) is 0 Å². The van der Waals surface area contributed by atoms with Crippen LogP contribution in [-0.4, -0.2) is 22.9 Å². The summed E-state index contributed by atoms with van der Waals surface area (Å²) in [7, 11) is 1.37. The number of methoxy groups -OCH3 is 1. The van der Waals surface area contributed by atoms with E-state index in [1.807, 2.05) is 0 Å². The molecule has 21 heavy (non-hydrogen) atoms. The fourth-order valence-electron chi connectivity index (χ4n) is 1.64. The number of benzene rings is 1. The van der Waals surface area contributed by atoms with Gasteiger partial charge < -0.3 is 10.1 Å². The van der Waals surface area contributed by atoms with Crippen molar-refractivity contribution in [3.8, 4) is 5.75 Å². The monoisotopic (exact) mass is 351 g/mol. The molecular formula is C13H10BrN3O4. The Labute approximate surface area is 128 Å². The predicted molar refractivity (Wildman–Crippen MR) is 79.5 cm³/mol. The van der Waals surface area contributed by atoms with E-state index in [1.54, 1.807) is 18.3 Å². The Morgan fingerprint density at radius 3 is 2.81 bits per heavy atom. The first-order valence-electron chi connectivity index (χ1n) is 5.77. The highest BCUT2D eigenvalue weighted by molar-refractivity contribution is 9.10. The average Bonchev–Trinajstić information content (AvgIpc) is 2.47. The summed E-state index contributed by atoms with van der Waals surface area (Å²) in [4.78, 5) is 26.3. The maximum atomic E-state index is 12.2. The van der Waals surface area contributed by atoms with Crippen LogP contribution in [0.2, 0.25) is 0 Å². The second kappa shape index (κ2) is 6.31. The lowest BCUT2D eigenvalue weighted by Crippen LogP contribution is -2.13. The molecule has 0 aliphatic heterocycles. The first kappa shape index (κ1) is 14.9. The minimum absolute atomic E-state index is 0.118. The molecule has 1 aromatic carbocycles. The summed E-state index contributed by atoms with van der Waals surface area (Å²) in [5.74, 6) is -0.195. The molecule has 1 heterocycles. The van der Waals surface area contributed by atoms with Crippen LogP contribution < -0.4 is 10.1 Å². The second-order valence-electron chi connectivity index (χ2n) is 3.94. The Morgan fingerprint density at radius 2 is 2.19 bits per heavy atom. The van der Waals surface area contributed by atoms with Gasteiger partial charge in [0, 0.05) is 12.3 Å². The fraction of sp³-hybridized carbons (Fsp3) is 0.0769. The third kappa shape index (κ3) is 3.34. The number of amides is 1. The number of nitro groups is 1. The molecule has 7 nitrogen and oxygen atoms in total. The molecule has 0 aliphatic rings. The zero-order chi connectivity index (χ0) is 15.4. The molecular weight excluding hydrogens is 342 g/mol. The van der Waals surface area contributed by atoms with Crippen molar-refractivity contribution in [1.82, 2.24) is 4.98 Å². The number of anilines is 1. The molecule has 8 heteroatoms. The fourth-order valence-corrected chi connectivity index (χ4v) is 2.07. The van der Waals surface area contributed by atoms with Crippen molar-refractivity contribution in [1.29, 1.82) is 0 Å². The zero-order valence-corrected chi connectivity index (χ0v) is 12.5. The van der Waals surface area contributed by atoms with E-state index in [4.69, 9.17) is 4.74 Å². The Morgan fingerprint density at radius 1 is 1.43 bits per heavy atom. The van der Waals surface area contributed by atoms with Gasteiger partial charge in [-0.25, -0.2) is 4.98 Å². The smallest absolute Gasteiger partial charge is 0.273 e. The number of ether oxygens (including phenoxy) is 1. The summed E-state index contributed by atoms with van der Waals surface area (Å²) in [6, 6.07) is 7.18. The van der Waals surface area contributed by atoms with Crippen molar-refractivity contribution in [2.75, 3.05) is 12.4 Å². The number of hydrogen-bond donors (Lipinski definition) is 1. The Balaban J connectivity index is 2.29. The molecule has 2 aromatic rings. The molecule has 2 rings (SSSR count). The van der Waals surface area contributed by atoms with Crippen LogP contribution in [0.5, 0.6) is 5.75 Å². The van der Waals surface area contributed by atoms with Crippen LogP contribution in [0, 0.1) is 10.1 Å². The molecule has 0 bridgehead atoms. The zero-order valence-electron chi connectivity index (χ0n) is 10.9. The van der Waals surface area contributed by atoms with E-state index < -0.39 is 10.8 Å². The quantitative estimate of drug-likeness (QED) is 0.519. The molecule has 0 unspecified atom stereocenters. The van der Waals surface area contributed by atoms with Gasteiger partial charge in [0.1, 0.15) is 10.4 Å². The van der Waals surface area contributed by atoms with Crippen LogP contribution in [0.3, 0.4) is 0 Å². The number of aromatic nitrogens is 1. The SMILES string of the molecule is COc1cc([N+](=O)[O-])ccc1NC(=O)c1cccnc1Br. The molecule has 0 fully saturated rings. The van der Waals surface area contributed by atoms with Crippen molar-refractivity contribution < 1.29 is 14.5 Å². The van der Waals surface area contributed by atoms with E-state index in [0.29, 0.717) is 15.9 Å². The Bertz CT molecular complexity index is 706. The topological polar surface area (TPSA) is 94.4 Å². The van der Waals surface area contributed by atoms with E-state index in [0.717, 1.165) is 0 Å². The summed E-state index contributed by atoms with van der Waals surface area (Å²) in [5.41, 5.74) is 0.564. The maximum Gasteiger partial charge on any atom is 0.273 e. The Kier molecular flexibility index (Phi) is 4.49. The highest BCUT2D eigenvalue weighted by Crippen LogP contribution is 2.29. The van der Waals surface area contributed by atoms with Gasteiger partial charge in [0.25, 0.3) is 11.6 Å². The van der Waals surface area contributed by atoms with E-state index in [1.165, 1.54) is 25.3 Å². The van der Waals surface area contributed by atoms with E-state index >= 15 is 0 Å². The molecule has 0 saturated carbocycles. The summed E-state index contributed by atoms with van der Waals surface area (Å²) in [6.07, 6.45) is 1.55. The van der Waals surface area contributed by atoms with Crippen LogP contribution in [-0.2, 0) is 0 Å². The van der Waals surface area contributed by atoms with Crippen LogP contribution >= 0.6 is 15.9 Å². The summed E-state index contributed by atoms with van der Waals surface area (Å²) >= 11 is 3.18. The van der Waals surface area contributed by atoms with Gasteiger partial charge in [0.15, 0.2) is 0 Å². The van der Waals surface area contributed by atoms with Gasteiger partial charge in [0.2, 0.25) is 0 Å². The third-order valence-corrected chi connectivity index (χ3v) is 3.28. The number of nitrogens with one attached hydrogen (secondary N) is 1. The lowest BCUT2D eigenvalue weighted by Gasteiger charge is -2.10. The molecule has 0 aliphatic carbocycles. The van der Waals surface area contributed by atoms with Crippen LogP contribution in [0.4, 0.5) is 11.4 Å². The molecule has 1 amide bonds. The molecule has 108 valence electrons. The first-order valence-corrected chi connectivity index (χ1v) is 6.56. The van der Waals surface area contributed by atoms with E-state index in [-0.39, 0.29) is 11.4 Å². The average molecular weight is 352 g/mol. The number of pyridine rings is 1. The molecule has 0 radical (unpaired) electrons. The van der Waals surface area contributed by atoms with E-state index in [2.05, 4.69) is 26.2 Å². The summed E-state index contributed by atoms with van der Waals surface area (Å²) < 4.78 is 5.46. The normalized spacial score (nSPS) is 10.0. The molecule has 0 atom stereocenters. The number of halogens is 1. The molecule has 0 saturated heterocycles. The van der Waals surface area contributed by atoms with Gasteiger partial charge >= 0.3 is 0 Å². The number of carbonyl (C=O) groups is 1. The van der Waals surface area contributed by atoms with Crippen molar-refractivity contribution in [2.24, 2.45) is 0 Å². The lowest BCUT2D eigenvalue weighted by molar-refractivity contribution is -0.384. The number of carbonyl (C=O) groups excluding carboxylic acids is 1. The largest absolute Gasteiger partial charge is 0.494 e. The number of hydrogen-bond acceptors (Lipinski definition) is 5. The van der Waals surface area contributed by atoms with Gasteiger partial charge in [-0.2, -0.15) is 0 Å². The minimum atomic E-state index is -0.536. The van der Waals surface area contributed by atoms with Crippen LogP contribution in [0.1, 0.15) is 10.4 Å². The highest BCUT2D eigenvalue weighted by Gasteiger charge is 2.15. The number of nitrogens with zero attached hydrogens (tertiary/aromatic N) is 2. The highest BCUT2D eigenvalue weighted by atomic mass is 79.9. The third-order valence-electron chi connectivity index (χ3n) is 2.65. The van der Waals surface area contributed by atoms with Crippen molar-refractivity contribution >= 4 is 33.2 Å². The summed E-state index contributed by atoms with van der Waals surface area (Å²) in [6.45, 7) is 0. The molecule has 1 N–H and O–H groups in total. The maximum absolute atomic E-state index is 12.2. The van der Waals surface area contributed by atoms with E-state index in [9.17, 15) is 14.9 Å². The predicted octanol–water partition coefficient (Wildman–Crippen LogP) is 3.01. The van der Waals surface area contributed by atoms with Gasteiger partial charge in [-0.1, -0.05) is 0 Å². The van der Waals surface area contributed by atoms with Gasteiger partial charge in [-0.05, 0) is 34.1 Å². The van der Waals surface area contributed by atoms with Gasteiger partial charge in [0.05, 0.1) is 29.4 Å². The van der Waals surface area contributed by atoms with Crippen molar-refractivity contribution in [2.45, 2.75) is 0 Å². The van der Waals surface area contributed by atoms with Crippen LogP contribution in [0.15, 0.2) is 41.1 Å². The number of non-ortho nitro benzene ring substituents is 1. The number of rotatable bonds is 4. The van der Waals surface area contributed by atoms with Crippen molar-refractivity contribution in [3.05, 3.63) is 56.8 Å². The first-order chi connectivity index (χ1) is 10.0. The minimum Gasteiger partial charge on any atom is -0.494 e.